The highest BCUT2D eigenvalue weighted by molar-refractivity contribution is 5.95. The van der Waals surface area contributed by atoms with Crippen LogP contribution in [0.5, 0.6) is 17.2 Å². The quantitative estimate of drug-likeness (QED) is 0.630. The van der Waals surface area contributed by atoms with E-state index in [1.54, 1.807) is 18.3 Å². The Balaban J connectivity index is 3.08. The van der Waals surface area contributed by atoms with Gasteiger partial charge < -0.3 is 14.2 Å². The third kappa shape index (κ3) is 3.61. The molecule has 1 aromatic rings. The minimum absolute atomic E-state index is 0.344. The fourth-order valence-electron chi connectivity index (χ4n) is 1.47. The Morgan fingerprint density at radius 1 is 1.21 bits per heavy atom. The molecule has 0 aliphatic carbocycles. The highest BCUT2D eigenvalue weighted by Crippen LogP contribution is 2.38. The highest BCUT2D eigenvalue weighted by atomic mass is 16.5. The number of hydrogen-bond acceptors (Lipinski definition) is 5. The Bertz CT molecular complexity index is 447. The molecular formula is C13H18N2O4. The van der Waals surface area contributed by atoms with Crippen molar-refractivity contribution >= 4 is 12.1 Å². The van der Waals surface area contributed by atoms with Crippen molar-refractivity contribution in [2.75, 3.05) is 21.3 Å². The zero-order chi connectivity index (χ0) is 14.3. The van der Waals surface area contributed by atoms with Crippen LogP contribution in [0.3, 0.4) is 0 Å². The summed E-state index contributed by atoms with van der Waals surface area (Å²) in [6.45, 7) is 1.93. The molecule has 0 fully saturated rings. The normalized spacial score (nSPS) is 10.3. The van der Waals surface area contributed by atoms with Crippen LogP contribution >= 0.6 is 0 Å². The van der Waals surface area contributed by atoms with Crippen LogP contribution in [-0.4, -0.2) is 33.5 Å². The first-order chi connectivity index (χ1) is 9.17. The van der Waals surface area contributed by atoms with Gasteiger partial charge >= 0.3 is 0 Å². The number of nitrogens with zero attached hydrogens (tertiary/aromatic N) is 1. The molecule has 19 heavy (non-hydrogen) atoms. The molecule has 0 atom stereocenters. The van der Waals surface area contributed by atoms with Gasteiger partial charge in [0.05, 0.1) is 21.3 Å². The van der Waals surface area contributed by atoms with E-state index in [2.05, 4.69) is 10.5 Å². The molecule has 0 aliphatic heterocycles. The molecule has 1 aromatic carbocycles. The van der Waals surface area contributed by atoms with Crippen molar-refractivity contribution in [1.29, 1.82) is 0 Å². The van der Waals surface area contributed by atoms with Crippen LogP contribution in [0.4, 0.5) is 0 Å². The van der Waals surface area contributed by atoms with Gasteiger partial charge in [-0.1, -0.05) is 6.92 Å². The molecule has 1 amide bonds. The topological polar surface area (TPSA) is 69.2 Å². The number of hydrogen-bond donors (Lipinski definition) is 1. The number of nitrogens with one attached hydrogen (secondary N) is 1. The molecule has 0 heterocycles. The molecule has 0 bridgehead atoms. The van der Waals surface area contributed by atoms with Crippen molar-refractivity contribution in [2.45, 2.75) is 13.3 Å². The van der Waals surface area contributed by atoms with E-state index in [-0.39, 0.29) is 5.91 Å². The Kier molecular flexibility index (Phi) is 5.66. The number of ether oxygens (including phenoxy) is 3. The third-order valence-electron chi connectivity index (χ3n) is 2.37. The lowest BCUT2D eigenvalue weighted by molar-refractivity contribution is 0.0954. The summed E-state index contributed by atoms with van der Waals surface area (Å²) in [5.74, 6) is 0.945. The van der Waals surface area contributed by atoms with Crippen LogP contribution in [0.15, 0.2) is 17.2 Å². The maximum Gasteiger partial charge on any atom is 0.271 e. The molecule has 0 aromatic heterocycles. The standard InChI is InChI=1S/C13H18N2O4/c1-5-6-14-15-13(16)9-7-10(17-2)12(19-4)11(8-9)18-3/h6-8H,5H2,1-4H3,(H,15,16). The van der Waals surface area contributed by atoms with Crippen LogP contribution in [-0.2, 0) is 0 Å². The van der Waals surface area contributed by atoms with Crippen LogP contribution in [0.2, 0.25) is 0 Å². The van der Waals surface area contributed by atoms with E-state index >= 15 is 0 Å². The molecule has 0 saturated heterocycles. The van der Waals surface area contributed by atoms with E-state index in [9.17, 15) is 4.79 Å². The number of methoxy groups -OCH3 is 3. The molecule has 1 rings (SSSR count). The average molecular weight is 266 g/mol. The molecule has 6 heteroatoms. The van der Waals surface area contributed by atoms with Crippen LogP contribution < -0.4 is 19.6 Å². The molecule has 6 nitrogen and oxygen atoms in total. The maximum absolute atomic E-state index is 11.9. The Hall–Kier alpha value is -2.24. The summed E-state index contributed by atoms with van der Waals surface area (Å²) >= 11 is 0. The second kappa shape index (κ2) is 7.25. The zero-order valence-corrected chi connectivity index (χ0v) is 11.5. The van der Waals surface area contributed by atoms with Gasteiger partial charge in [0, 0.05) is 11.8 Å². The van der Waals surface area contributed by atoms with E-state index in [4.69, 9.17) is 14.2 Å². The summed E-state index contributed by atoms with van der Waals surface area (Å²) in [5, 5.41) is 3.78. The van der Waals surface area contributed by atoms with Crippen LogP contribution in [0.1, 0.15) is 23.7 Å². The van der Waals surface area contributed by atoms with Crippen molar-refractivity contribution in [3.63, 3.8) is 0 Å². The molecule has 1 N–H and O–H groups in total. The fraction of sp³-hybridized carbons (Fsp3) is 0.385. The third-order valence-corrected chi connectivity index (χ3v) is 2.37. The average Bonchev–Trinajstić information content (AvgIpc) is 2.45. The van der Waals surface area contributed by atoms with E-state index in [1.165, 1.54) is 21.3 Å². The molecule has 0 aliphatic rings. The number of benzene rings is 1. The van der Waals surface area contributed by atoms with Crippen molar-refractivity contribution in [2.24, 2.45) is 5.10 Å². The SMILES string of the molecule is CCC=NNC(=O)c1cc(OC)c(OC)c(OC)c1. The minimum atomic E-state index is -0.344. The van der Waals surface area contributed by atoms with Crippen molar-refractivity contribution in [3.05, 3.63) is 17.7 Å². The maximum atomic E-state index is 11.9. The Morgan fingerprint density at radius 2 is 1.79 bits per heavy atom. The lowest BCUT2D eigenvalue weighted by atomic mass is 10.1. The van der Waals surface area contributed by atoms with E-state index < -0.39 is 0 Å². The van der Waals surface area contributed by atoms with Crippen molar-refractivity contribution in [1.82, 2.24) is 5.43 Å². The van der Waals surface area contributed by atoms with E-state index in [0.29, 0.717) is 22.8 Å². The Morgan fingerprint density at radius 3 is 2.21 bits per heavy atom. The molecule has 0 saturated carbocycles. The van der Waals surface area contributed by atoms with Gasteiger partial charge in [-0.05, 0) is 18.6 Å². The number of carbonyl (C=O) groups excluding carboxylic acids is 1. The van der Waals surface area contributed by atoms with E-state index in [0.717, 1.165) is 6.42 Å². The summed E-state index contributed by atoms with van der Waals surface area (Å²) in [7, 11) is 4.49. The molecular weight excluding hydrogens is 248 g/mol. The predicted molar refractivity (Wildman–Crippen MR) is 72.3 cm³/mol. The summed E-state index contributed by atoms with van der Waals surface area (Å²) in [5.41, 5.74) is 2.80. The van der Waals surface area contributed by atoms with Gasteiger partial charge in [0.2, 0.25) is 5.75 Å². The minimum Gasteiger partial charge on any atom is -0.493 e. The van der Waals surface area contributed by atoms with Crippen LogP contribution in [0.25, 0.3) is 0 Å². The van der Waals surface area contributed by atoms with Gasteiger partial charge in [-0.25, -0.2) is 5.43 Å². The zero-order valence-electron chi connectivity index (χ0n) is 11.5. The first kappa shape index (κ1) is 14.8. The highest BCUT2D eigenvalue weighted by Gasteiger charge is 2.16. The van der Waals surface area contributed by atoms with Crippen LogP contribution in [0, 0.1) is 0 Å². The number of amides is 1. The monoisotopic (exact) mass is 266 g/mol. The van der Waals surface area contributed by atoms with Crippen molar-refractivity contribution in [3.8, 4) is 17.2 Å². The lowest BCUT2D eigenvalue weighted by Crippen LogP contribution is -2.17. The van der Waals surface area contributed by atoms with Gasteiger partial charge in [-0.15, -0.1) is 0 Å². The fourth-order valence-corrected chi connectivity index (χ4v) is 1.47. The summed E-state index contributed by atoms with van der Waals surface area (Å²) in [6, 6.07) is 3.14. The summed E-state index contributed by atoms with van der Waals surface area (Å²) in [6.07, 6.45) is 2.35. The lowest BCUT2D eigenvalue weighted by Gasteiger charge is -2.13. The predicted octanol–water partition coefficient (Wildman–Crippen LogP) is 1.84. The number of rotatable bonds is 6. The first-order valence-corrected chi connectivity index (χ1v) is 5.79. The van der Waals surface area contributed by atoms with Gasteiger partial charge in [-0.2, -0.15) is 5.10 Å². The molecule has 0 spiro atoms. The first-order valence-electron chi connectivity index (χ1n) is 5.79. The Labute approximate surface area is 112 Å². The van der Waals surface area contributed by atoms with Gasteiger partial charge in [-0.3, -0.25) is 4.79 Å². The summed E-state index contributed by atoms with van der Waals surface area (Å²) in [4.78, 5) is 11.9. The number of carbonyl (C=O) groups is 1. The molecule has 104 valence electrons. The van der Waals surface area contributed by atoms with E-state index in [1.807, 2.05) is 6.92 Å². The van der Waals surface area contributed by atoms with Crippen molar-refractivity contribution < 1.29 is 19.0 Å². The van der Waals surface area contributed by atoms with Gasteiger partial charge in [0.25, 0.3) is 5.91 Å². The summed E-state index contributed by atoms with van der Waals surface area (Å²) < 4.78 is 15.5. The van der Waals surface area contributed by atoms with Gasteiger partial charge in [0.1, 0.15) is 0 Å². The smallest absolute Gasteiger partial charge is 0.271 e. The number of hydrazone groups is 1. The van der Waals surface area contributed by atoms with Gasteiger partial charge in [0.15, 0.2) is 11.5 Å². The molecule has 0 radical (unpaired) electrons. The molecule has 0 unspecified atom stereocenters. The second-order valence-corrected chi connectivity index (χ2v) is 3.57. The second-order valence-electron chi connectivity index (χ2n) is 3.57. The largest absolute Gasteiger partial charge is 0.493 e.